The van der Waals surface area contributed by atoms with E-state index in [1.165, 1.54) is 12.1 Å². The Morgan fingerprint density at radius 1 is 1.35 bits per heavy atom. The van der Waals surface area contributed by atoms with Crippen LogP contribution in [0.4, 0.5) is 10.1 Å². The highest BCUT2D eigenvalue weighted by molar-refractivity contribution is 9.09. The molecular weight excluding hydrogens is 325 g/mol. The van der Waals surface area contributed by atoms with Crippen LogP contribution >= 0.6 is 15.9 Å². The number of fused-ring (bicyclic) bond motifs is 1. The molecule has 3 nitrogen and oxygen atoms in total. The maximum Gasteiger partial charge on any atom is 0.299 e. The third kappa shape index (κ3) is 1.91. The standard InChI is InChI=1S/C15H15BrFNO2/c1-9-5-10(17)6-11-12(9)18(14(20)13(11)19)8-15(7-16)3-2-4-15/h5-6H,2-4,7-8H2,1H3. The van der Waals surface area contributed by atoms with Crippen LogP contribution in [0.1, 0.15) is 35.2 Å². The molecule has 2 aliphatic rings. The smallest absolute Gasteiger partial charge is 0.299 e. The summed E-state index contributed by atoms with van der Waals surface area (Å²) in [5.41, 5.74) is 1.49. The zero-order valence-corrected chi connectivity index (χ0v) is 12.8. The fourth-order valence-electron chi connectivity index (χ4n) is 3.10. The van der Waals surface area contributed by atoms with E-state index < -0.39 is 17.5 Å². The molecule has 1 amide bonds. The van der Waals surface area contributed by atoms with Crippen LogP contribution in [0.3, 0.4) is 0 Å². The van der Waals surface area contributed by atoms with Crippen molar-refractivity contribution in [3.05, 3.63) is 29.1 Å². The number of anilines is 1. The number of amides is 1. The molecule has 0 bridgehead atoms. The molecule has 1 saturated carbocycles. The van der Waals surface area contributed by atoms with E-state index >= 15 is 0 Å². The molecule has 1 aliphatic carbocycles. The summed E-state index contributed by atoms with van der Waals surface area (Å²) in [6, 6.07) is 2.55. The van der Waals surface area contributed by atoms with Gasteiger partial charge in [0.15, 0.2) is 0 Å². The number of hydrogen-bond donors (Lipinski definition) is 0. The molecule has 106 valence electrons. The summed E-state index contributed by atoms with van der Waals surface area (Å²) in [5.74, 6) is -1.59. The van der Waals surface area contributed by atoms with Gasteiger partial charge in [0.2, 0.25) is 0 Å². The van der Waals surface area contributed by atoms with Crippen LogP contribution in [0, 0.1) is 18.2 Å². The summed E-state index contributed by atoms with van der Waals surface area (Å²) in [7, 11) is 0. The molecule has 0 saturated heterocycles. The van der Waals surface area contributed by atoms with Gasteiger partial charge >= 0.3 is 0 Å². The van der Waals surface area contributed by atoms with Crippen LogP contribution in [-0.4, -0.2) is 23.6 Å². The van der Waals surface area contributed by atoms with Crippen molar-refractivity contribution in [2.75, 3.05) is 16.8 Å². The fourth-order valence-corrected chi connectivity index (χ4v) is 3.84. The number of carbonyl (C=O) groups is 2. The summed E-state index contributed by atoms with van der Waals surface area (Å²) < 4.78 is 13.4. The van der Waals surface area contributed by atoms with Crippen molar-refractivity contribution in [3.63, 3.8) is 0 Å². The molecule has 1 aromatic carbocycles. The lowest BCUT2D eigenvalue weighted by atomic mass is 9.70. The van der Waals surface area contributed by atoms with Gasteiger partial charge in [0, 0.05) is 11.9 Å². The van der Waals surface area contributed by atoms with Crippen molar-refractivity contribution in [1.29, 1.82) is 0 Å². The first-order valence-corrected chi connectivity index (χ1v) is 7.82. The quantitative estimate of drug-likeness (QED) is 0.626. The zero-order valence-electron chi connectivity index (χ0n) is 11.2. The van der Waals surface area contributed by atoms with Gasteiger partial charge in [0.25, 0.3) is 11.7 Å². The predicted molar refractivity (Wildman–Crippen MR) is 77.9 cm³/mol. The van der Waals surface area contributed by atoms with Crippen molar-refractivity contribution >= 4 is 33.3 Å². The number of hydrogen-bond acceptors (Lipinski definition) is 2. The average molecular weight is 340 g/mol. The number of carbonyl (C=O) groups excluding carboxylic acids is 2. The molecule has 0 N–H and O–H groups in total. The first kappa shape index (κ1) is 13.7. The zero-order chi connectivity index (χ0) is 14.5. The SMILES string of the molecule is Cc1cc(F)cc2c1N(CC1(CBr)CCC1)C(=O)C2=O. The topological polar surface area (TPSA) is 37.4 Å². The van der Waals surface area contributed by atoms with Crippen LogP contribution in [-0.2, 0) is 4.79 Å². The van der Waals surface area contributed by atoms with Crippen LogP contribution in [0.5, 0.6) is 0 Å². The molecule has 1 aliphatic heterocycles. The van der Waals surface area contributed by atoms with E-state index in [2.05, 4.69) is 15.9 Å². The van der Waals surface area contributed by atoms with Crippen molar-refractivity contribution in [1.82, 2.24) is 0 Å². The van der Waals surface area contributed by atoms with Crippen molar-refractivity contribution in [3.8, 4) is 0 Å². The number of benzene rings is 1. The average Bonchev–Trinajstić information content (AvgIpc) is 2.59. The van der Waals surface area contributed by atoms with Crippen molar-refractivity contribution in [2.45, 2.75) is 26.2 Å². The molecule has 1 heterocycles. The molecule has 0 atom stereocenters. The summed E-state index contributed by atoms with van der Waals surface area (Å²) in [6.07, 6.45) is 3.24. The second-order valence-corrected chi connectivity index (χ2v) is 6.39. The minimum Gasteiger partial charge on any atom is -0.304 e. The first-order valence-electron chi connectivity index (χ1n) is 6.70. The number of aryl methyl sites for hydroxylation is 1. The van der Waals surface area contributed by atoms with E-state index in [0.717, 1.165) is 24.6 Å². The number of Topliss-reactive ketones (excluding diaryl/α,β-unsaturated/α-hetero) is 1. The van der Waals surface area contributed by atoms with Gasteiger partial charge in [-0.3, -0.25) is 9.59 Å². The van der Waals surface area contributed by atoms with E-state index in [1.807, 2.05) is 0 Å². The Labute approximate surface area is 125 Å². The largest absolute Gasteiger partial charge is 0.304 e. The second kappa shape index (κ2) is 4.65. The highest BCUT2D eigenvalue weighted by Gasteiger charge is 2.44. The Morgan fingerprint density at radius 3 is 2.60 bits per heavy atom. The van der Waals surface area contributed by atoms with E-state index in [4.69, 9.17) is 0 Å². The number of nitrogens with zero attached hydrogens (tertiary/aromatic N) is 1. The summed E-state index contributed by atoms with van der Waals surface area (Å²) in [5, 5.41) is 0.813. The Kier molecular flexibility index (Phi) is 3.20. The third-order valence-electron chi connectivity index (χ3n) is 4.41. The van der Waals surface area contributed by atoms with Gasteiger partial charge in [-0.2, -0.15) is 0 Å². The molecule has 3 rings (SSSR count). The molecule has 0 aromatic heterocycles. The van der Waals surface area contributed by atoms with Gasteiger partial charge in [-0.25, -0.2) is 4.39 Å². The number of halogens is 2. The van der Waals surface area contributed by atoms with Crippen molar-refractivity contribution in [2.24, 2.45) is 5.41 Å². The highest BCUT2D eigenvalue weighted by Crippen LogP contribution is 2.45. The Hall–Kier alpha value is -1.23. The maximum absolute atomic E-state index is 13.4. The monoisotopic (exact) mass is 339 g/mol. The van der Waals surface area contributed by atoms with Crippen molar-refractivity contribution < 1.29 is 14.0 Å². The second-order valence-electron chi connectivity index (χ2n) is 5.83. The highest BCUT2D eigenvalue weighted by atomic mass is 79.9. The number of rotatable bonds is 3. The minimum atomic E-state index is -0.591. The molecule has 1 fully saturated rings. The van der Waals surface area contributed by atoms with Crippen LogP contribution in [0.2, 0.25) is 0 Å². The van der Waals surface area contributed by atoms with E-state index in [-0.39, 0.29) is 11.0 Å². The van der Waals surface area contributed by atoms with E-state index in [1.54, 1.807) is 11.8 Å². The summed E-state index contributed by atoms with van der Waals surface area (Å²) in [4.78, 5) is 25.8. The summed E-state index contributed by atoms with van der Waals surface area (Å²) in [6.45, 7) is 2.27. The van der Waals surface area contributed by atoms with Gasteiger partial charge in [-0.15, -0.1) is 0 Å². The number of alkyl halides is 1. The summed E-state index contributed by atoms with van der Waals surface area (Å²) >= 11 is 3.51. The third-order valence-corrected chi connectivity index (χ3v) is 5.60. The lowest BCUT2D eigenvalue weighted by Crippen LogP contribution is -2.45. The van der Waals surface area contributed by atoms with Gasteiger partial charge < -0.3 is 4.90 Å². The van der Waals surface area contributed by atoms with Crippen LogP contribution < -0.4 is 4.90 Å². The van der Waals surface area contributed by atoms with Gasteiger partial charge in [-0.1, -0.05) is 22.4 Å². The first-order chi connectivity index (χ1) is 9.47. The van der Waals surface area contributed by atoms with E-state index in [9.17, 15) is 14.0 Å². The van der Waals surface area contributed by atoms with Gasteiger partial charge in [-0.05, 0) is 42.9 Å². The molecule has 1 aromatic rings. The Balaban J connectivity index is 2.02. The molecular formula is C15H15BrFNO2. The minimum absolute atomic E-state index is 0.0539. The van der Waals surface area contributed by atoms with Gasteiger partial charge in [0.1, 0.15) is 5.82 Å². The van der Waals surface area contributed by atoms with Crippen LogP contribution in [0.25, 0.3) is 0 Å². The molecule has 0 radical (unpaired) electrons. The van der Waals surface area contributed by atoms with E-state index in [0.29, 0.717) is 17.8 Å². The lowest BCUT2D eigenvalue weighted by molar-refractivity contribution is -0.114. The Morgan fingerprint density at radius 2 is 2.05 bits per heavy atom. The Bertz CT molecular complexity index is 605. The van der Waals surface area contributed by atoms with Crippen LogP contribution in [0.15, 0.2) is 12.1 Å². The number of ketones is 1. The fraction of sp³-hybridized carbons (Fsp3) is 0.467. The normalized spacial score (nSPS) is 20.1. The molecule has 0 unspecified atom stereocenters. The molecule has 20 heavy (non-hydrogen) atoms. The lowest BCUT2D eigenvalue weighted by Gasteiger charge is -2.43. The predicted octanol–water partition coefficient (Wildman–Crippen LogP) is 3.23. The molecule has 5 heteroatoms. The maximum atomic E-state index is 13.4. The van der Waals surface area contributed by atoms with Gasteiger partial charge in [0.05, 0.1) is 11.3 Å². The molecule has 0 spiro atoms.